The molecule has 0 saturated heterocycles. The maximum atomic E-state index is 12.4. The number of carbonyl (C=O) groups excluding carboxylic acids is 4. The van der Waals surface area contributed by atoms with E-state index in [0.717, 1.165) is 23.8 Å². The van der Waals surface area contributed by atoms with Crippen LogP contribution < -0.4 is 26.1 Å². The van der Waals surface area contributed by atoms with E-state index in [0.29, 0.717) is 0 Å². The number of aliphatic carboxylic acids is 1. The van der Waals surface area contributed by atoms with Crippen molar-refractivity contribution in [3.8, 4) is 11.5 Å². The van der Waals surface area contributed by atoms with Crippen molar-refractivity contribution in [2.75, 3.05) is 13.2 Å². The van der Waals surface area contributed by atoms with Gasteiger partial charge in [-0.3, -0.25) is 20.4 Å². The maximum Gasteiger partial charge on any atom is 0.491 e. The minimum Gasteiger partial charge on any atom is -0.479 e. The molecule has 0 fully saturated rings. The van der Waals surface area contributed by atoms with Crippen LogP contribution in [0.1, 0.15) is 26.3 Å². The highest BCUT2D eigenvalue weighted by atomic mass is 19.4. The van der Waals surface area contributed by atoms with Gasteiger partial charge in [0.2, 0.25) is 0 Å². The zero-order valence-corrected chi connectivity index (χ0v) is 18.1. The Kier molecular flexibility index (Phi) is 9.32. The number of carboxylic acids is 1. The smallest absolute Gasteiger partial charge is 0.479 e. The molecule has 2 amide bonds. The Hall–Kier alpha value is -4.66. The fraction of sp³-hybridized carbons (Fsp3) is 0.190. The minimum absolute atomic E-state index is 0.156. The number of hydrogen-bond donors (Lipinski definition) is 4. The summed E-state index contributed by atoms with van der Waals surface area (Å²) in [5.41, 5.74) is 10.6. The van der Waals surface area contributed by atoms with Crippen molar-refractivity contribution < 1.29 is 56.5 Å². The van der Waals surface area contributed by atoms with E-state index in [2.05, 4.69) is 15.6 Å². The number of carboxylic acid groups (broad SMARTS) is 1. The van der Waals surface area contributed by atoms with Crippen LogP contribution in [0, 0.1) is 0 Å². The third kappa shape index (κ3) is 8.28. The number of hydrogen-bond acceptors (Lipinski definition) is 9. The van der Waals surface area contributed by atoms with Gasteiger partial charge >= 0.3 is 24.1 Å². The van der Waals surface area contributed by atoms with E-state index in [1.54, 1.807) is 12.1 Å². The molecule has 0 aliphatic rings. The van der Waals surface area contributed by atoms with Crippen LogP contribution >= 0.6 is 0 Å². The number of esters is 2. The molecular weight excluding hydrogens is 495 g/mol. The van der Waals surface area contributed by atoms with Crippen LogP contribution in [0.4, 0.5) is 13.2 Å². The second kappa shape index (κ2) is 12.2. The summed E-state index contributed by atoms with van der Waals surface area (Å²) in [5.74, 6) is -8.10. The van der Waals surface area contributed by atoms with Gasteiger partial charge in [0.1, 0.15) is 0 Å². The molecule has 0 unspecified atom stereocenters. The molecule has 5 N–H and O–H groups in total. The Bertz CT molecular complexity index is 1150. The lowest BCUT2D eigenvalue weighted by Gasteiger charge is -2.13. The summed E-state index contributed by atoms with van der Waals surface area (Å²) >= 11 is 0. The molecule has 0 saturated carbocycles. The zero-order valence-electron chi connectivity index (χ0n) is 18.1. The Morgan fingerprint density at radius 2 is 1.39 bits per heavy atom. The van der Waals surface area contributed by atoms with Gasteiger partial charge < -0.3 is 25.1 Å². The third-order valence-electron chi connectivity index (χ3n) is 4.08. The number of nitrogens with two attached hydrogens (primary N) is 1. The summed E-state index contributed by atoms with van der Waals surface area (Å²) in [6.45, 7) is -1.80. The molecule has 2 rings (SSSR count). The second-order valence-electron chi connectivity index (χ2n) is 6.70. The van der Waals surface area contributed by atoms with Crippen LogP contribution in [0.5, 0.6) is 11.5 Å². The molecule has 0 aliphatic heterocycles. The predicted octanol–water partition coefficient (Wildman–Crippen LogP) is 0.694. The molecule has 192 valence electrons. The van der Waals surface area contributed by atoms with Crippen molar-refractivity contribution in [1.29, 1.82) is 0 Å². The van der Waals surface area contributed by atoms with E-state index in [1.807, 2.05) is 0 Å². The van der Waals surface area contributed by atoms with Crippen LogP contribution in [-0.2, 0) is 25.7 Å². The maximum absolute atomic E-state index is 12.4. The van der Waals surface area contributed by atoms with Gasteiger partial charge in [-0.05, 0) is 35.9 Å². The number of amides is 2. The number of alkyl halides is 3. The highest BCUT2D eigenvalue weighted by Crippen LogP contribution is 2.28. The van der Waals surface area contributed by atoms with E-state index in [9.17, 15) is 37.1 Å². The van der Waals surface area contributed by atoms with Crippen LogP contribution in [0.3, 0.4) is 0 Å². The normalized spacial score (nSPS) is 10.7. The van der Waals surface area contributed by atoms with Crippen molar-refractivity contribution in [2.24, 2.45) is 5.73 Å². The molecule has 0 bridgehead atoms. The molecule has 36 heavy (non-hydrogen) atoms. The summed E-state index contributed by atoms with van der Waals surface area (Å²) in [6, 6.07) is 9.36. The minimum atomic E-state index is -5.40. The lowest BCUT2D eigenvalue weighted by atomic mass is 10.1. The molecular formula is C21H18F3N3O9. The largest absolute Gasteiger partial charge is 0.491 e. The Morgan fingerprint density at radius 3 is 1.94 bits per heavy atom. The summed E-state index contributed by atoms with van der Waals surface area (Å²) in [7, 11) is 0. The standard InChI is InChI=1S/C21H18F3N3O9/c22-21(23,24)20(33)36-17(30)10-35-14-6-5-13(7-15(14)34-9-16(28)29)19(32)27-26-18(31)12-3-1-11(8-25)2-4-12/h1-7H,8-10,25H2,(H,26,31)(H,27,32)(H,28,29). The summed E-state index contributed by atoms with van der Waals surface area (Å²) < 4.78 is 50.0. The first kappa shape index (κ1) is 27.6. The number of rotatable bonds is 9. The fourth-order valence-corrected chi connectivity index (χ4v) is 2.40. The monoisotopic (exact) mass is 513 g/mol. The molecule has 12 nitrogen and oxygen atoms in total. The van der Waals surface area contributed by atoms with Crippen LogP contribution in [0.15, 0.2) is 42.5 Å². The molecule has 0 aromatic heterocycles. The Morgan fingerprint density at radius 1 is 0.833 bits per heavy atom. The summed E-state index contributed by atoms with van der Waals surface area (Å²) in [6.07, 6.45) is -5.40. The van der Waals surface area contributed by atoms with Gasteiger partial charge in [-0.2, -0.15) is 13.2 Å². The third-order valence-corrected chi connectivity index (χ3v) is 4.08. The van der Waals surface area contributed by atoms with Crippen LogP contribution in [0.2, 0.25) is 0 Å². The average molecular weight is 513 g/mol. The first-order valence-corrected chi connectivity index (χ1v) is 9.73. The lowest BCUT2D eigenvalue weighted by molar-refractivity contribution is -0.202. The molecule has 0 spiro atoms. The van der Waals surface area contributed by atoms with E-state index < -0.39 is 49.1 Å². The topological polar surface area (TPSA) is 183 Å². The van der Waals surface area contributed by atoms with Gasteiger partial charge in [0, 0.05) is 17.7 Å². The molecule has 0 atom stereocenters. The Labute approximate surface area is 200 Å². The number of carbonyl (C=O) groups is 5. The highest BCUT2D eigenvalue weighted by Gasteiger charge is 2.42. The van der Waals surface area contributed by atoms with Crippen molar-refractivity contribution >= 4 is 29.7 Å². The number of ether oxygens (including phenoxy) is 3. The first-order valence-electron chi connectivity index (χ1n) is 9.73. The van der Waals surface area contributed by atoms with Crippen LogP contribution in [0.25, 0.3) is 0 Å². The van der Waals surface area contributed by atoms with Gasteiger partial charge in [0.15, 0.2) is 24.7 Å². The van der Waals surface area contributed by atoms with Gasteiger partial charge in [0.05, 0.1) is 0 Å². The molecule has 2 aromatic carbocycles. The van der Waals surface area contributed by atoms with E-state index >= 15 is 0 Å². The summed E-state index contributed by atoms with van der Waals surface area (Å²) in [4.78, 5) is 57.5. The highest BCUT2D eigenvalue weighted by molar-refractivity contribution is 5.99. The molecule has 15 heteroatoms. The number of hydrazine groups is 1. The second-order valence-corrected chi connectivity index (χ2v) is 6.70. The van der Waals surface area contributed by atoms with E-state index in [-0.39, 0.29) is 29.2 Å². The fourth-order valence-electron chi connectivity index (χ4n) is 2.40. The number of halogens is 3. The van der Waals surface area contributed by atoms with E-state index in [1.165, 1.54) is 12.1 Å². The first-order chi connectivity index (χ1) is 16.9. The lowest BCUT2D eigenvalue weighted by Crippen LogP contribution is -2.41. The van der Waals surface area contributed by atoms with Crippen LogP contribution in [-0.4, -0.2) is 54.2 Å². The van der Waals surface area contributed by atoms with Gasteiger partial charge in [0.25, 0.3) is 11.8 Å². The molecule has 0 aliphatic carbocycles. The zero-order chi connectivity index (χ0) is 26.9. The van der Waals surface area contributed by atoms with Gasteiger partial charge in [-0.15, -0.1) is 0 Å². The summed E-state index contributed by atoms with van der Waals surface area (Å²) in [5, 5.41) is 8.81. The molecule has 2 aromatic rings. The van der Waals surface area contributed by atoms with Gasteiger partial charge in [-0.25, -0.2) is 14.4 Å². The molecule has 0 radical (unpaired) electrons. The van der Waals surface area contributed by atoms with Crippen molar-refractivity contribution in [2.45, 2.75) is 12.7 Å². The van der Waals surface area contributed by atoms with Crippen molar-refractivity contribution in [1.82, 2.24) is 10.9 Å². The van der Waals surface area contributed by atoms with Crippen molar-refractivity contribution in [3.05, 3.63) is 59.2 Å². The van der Waals surface area contributed by atoms with Crippen molar-refractivity contribution in [3.63, 3.8) is 0 Å². The predicted molar refractivity (Wildman–Crippen MR) is 111 cm³/mol. The Balaban J connectivity index is 2.07. The number of benzene rings is 2. The average Bonchev–Trinajstić information content (AvgIpc) is 2.84. The SMILES string of the molecule is NCc1ccc(C(=O)NNC(=O)c2ccc(OCC(=O)OC(=O)C(F)(F)F)c(OCC(=O)O)c2)cc1. The molecule has 0 heterocycles. The number of nitrogens with one attached hydrogen (secondary N) is 2. The quantitative estimate of drug-likeness (QED) is 0.211. The van der Waals surface area contributed by atoms with E-state index in [4.69, 9.17) is 20.3 Å². The van der Waals surface area contributed by atoms with Gasteiger partial charge in [-0.1, -0.05) is 12.1 Å².